The lowest BCUT2D eigenvalue weighted by molar-refractivity contribution is 0.602. The lowest BCUT2D eigenvalue weighted by Crippen LogP contribution is -1.96. The first kappa shape index (κ1) is 12.7. The smallest absolute Gasteiger partial charge is 0.229 e. The van der Waals surface area contributed by atoms with Crippen molar-refractivity contribution in [1.29, 1.82) is 0 Å². The van der Waals surface area contributed by atoms with Crippen LogP contribution >= 0.6 is 0 Å². The van der Waals surface area contributed by atoms with Crippen LogP contribution in [0.2, 0.25) is 0 Å². The number of aromatic nitrogens is 1. The molecule has 1 heterocycles. The first-order chi connectivity index (χ1) is 9.45. The van der Waals surface area contributed by atoms with Crippen molar-refractivity contribution < 1.29 is 12.8 Å². The minimum Gasteiger partial charge on any atom is -0.436 e. The quantitative estimate of drug-likeness (QED) is 0.732. The van der Waals surface area contributed by atoms with Gasteiger partial charge in [-0.15, -0.1) is 0 Å². The number of rotatable bonds is 2. The van der Waals surface area contributed by atoms with Crippen molar-refractivity contribution in [1.82, 2.24) is 4.98 Å². The number of nitrogens with two attached hydrogens (primary N) is 1. The molecule has 0 aliphatic heterocycles. The van der Waals surface area contributed by atoms with E-state index in [1.165, 1.54) is 12.1 Å². The summed E-state index contributed by atoms with van der Waals surface area (Å²) >= 11 is 0. The molecule has 0 bridgehead atoms. The van der Waals surface area contributed by atoms with Crippen LogP contribution in [0.15, 0.2) is 51.8 Å². The molecule has 0 saturated heterocycles. The first-order valence-electron chi connectivity index (χ1n) is 5.91. The topological polar surface area (TPSA) is 86.2 Å². The molecular formula is C14H12N2O3S. The fourth-order valence-corrected chi connectivity index (χ4v) is 2.59. The molecular weight excluding hydrogens is 276 g/mol. The number of anilines is 1. The third kappa shape index (κ3) is 2.14. The number of hydrogen-bond donors (Lipinski definition) is 1. The molecule has 3 rings (SSSR count). The van der Waals surface area contributed by atoms with E-state index in [0.717, 1.165) is 6.26 Å². The zero-order valence-electron chi connectivity index (χ0n) is 10.7. The molecule has 0 saturated carbocycles. The van der Waals surface area contributed by atoms with E-state index in [0.29, 0.717) is 28.2 Å². The SMILES string of the molecule is CS(=O)(=O)c1ccc2oc(-c3ccccc3N)nc2c1. The minimum atomic E-state index is -3.26. The Morgan fingerprint density at radius 3 is 2.60 bits per heavy atom. The van der Waals surface area contributed by atoms with Crippen LogP contribution in [-0.2, 0) is 9.84 Å². The van der Waals surface area contributed by atoms with E-state index in [1.54, 1.807) is 18.2 Å². The monoisotopic (exact) mass is 288 g/mol. The zero-order chi connectivity index (χ0) is 14.3. The molecule has 0 spiro atoms. The molecule has 0 aliphatic carbocycles. The van der Waals surface area contributed by atoms with Gasteiger partial charge in [0.1, 0.15) is 5.52 Å². The van der Waals surface area contributed by atoms with Gasteiger partial charge in [0, 0.05) is 11.9 Å². The van der Waals surface area contributed by atoms with Gasteiger partial charge in [-0.1, -0.05) is 12.1 Å². The molecule has 0 amide bonds. The number of sulfone groups is 1. The van der Waals surface area contributed by atoms with Gasteiger partial charge < -0.3 is 10.2 Å². The van der Waals surface area contributed by atoms with Gasteiger partial charge in [0.05, 0.1) is 10.5 Å². The highest BCUT2D eigenvalue weighted by Gasteiger charge is 2.13. The van der Waals surface area contributed by atoms with Gasteiger partial charge >= 0.3 is 0 Å². The number of nitrogen functional groups attached to an aromatic ring is 1. The van der Waals surface area contributed by atoms with E-state index >= 15 is 0 Å². The fraction of sp³-hybridized carbons (Fsp3) is 0.0714. The van der Waals surface area contributed by atoms with E-state index < -0.39 is 9.84 Å². The van der Waals surface area contributed by atoms with Crippen molar-refractivity contribution >= 4 is 26.6 Å². The normalized spacial score (nSPS) is 11.8. The summed E-state index contributed by atoms with van der Waals surface area (Å²) in [5, 5.41) is 0. The number of para-hydroxylation sites is 1. The van der Waals surface area contributed by atoms with E-state index in [2.05, 4.69) is 4.98 Å². The van der Waals surface area contributed by atoms with Gasteiger partial charge in [-0.3, -0.25) is 0 Å². The summed E-state index contributed by atoms with van der Waals surface area (Å²) in [7, 11) is -3.26. The first-order valence-corrected chi connectivity index (χ1v) is 7.80. The fourth-order valence-electron chi connectivity index (χ4n) is 1.94. The standard InChI is InChI=1S/C14H12N2O3S/c1-20(17,18)9-6-7-13-12(8-9)16-14(19-13)10-4-2-3-5-11(10)15/h2-8H,15H2,1H3. The summed E-state index contributed by atoms with van der Waals surface area (Å²) in [5.41, 5.74) is 8.14. The van der Waals surface area contributed by atoms with Crippen molar-refractivity contribution in [3.05, 3.63) is 42.5 Å². The molecule has 20 heavy (non-hydrogen) atoms. The number of oxazole rings is 1. The van der Waals surface area contributed by atoms with Crippen molar-refractivity contribution in [3.8, 4) is 11.5 Å². The van der Waals surface area contributed by atoms with Crippen molar-refractivity contribution in [2.24, 2.45) is 0 Å². The van der Waals surface area contributed by atoms with Gasteiger partial charge in [-0.25, -0.2) is 13.4 Å². The van der Waals surface area contributed by atoms with Gasteiger partial charge in [0.25, 0.3) is 0 Å². The average molecular weight is 288 g/mol. The van der Waals surface area contributed by atoms with Crippen molar-refractivity contribution in [2.45, 2.75) is 4.90 Å². The summed E-state index contributed by atoms with van der Waals surface area (Å²) < 4.78 is 28.7. The summed E-state index contributed by atoms with van der Waals surface area (Å²) in [6.07, 6.45) is 1.16. The van der Waals surface area contributed by atoms with Crippen LogP contribution < -0.4 is 5.73 Å². The van der Waals surface area contributed by atoms with Crippen LogP contribution in [0, 0.1) is 0 Å². The van der Waals surface area contributed by atoms with Crippen LogP contribution in [0.25, 0.3) is 22.6 Å². The van der Waals surface area contributed by atoms with Gasteiger partial charge in [0.15, 0.2) is 15.4 Å². The van der Waals surface area contributed by atoms with Crippen LogP contribution in [0.5, 0.6) is 0 Å². The molecule has 1 aromatic heterocycles. The predicted octanol–water partition coefficient (Wildman–Crippen LogP) is 2.48. The van der Waals surface area contributed by atoms with E-state index in [4.69, 9.17) is 10.2 Å². The molecule has 0 unspecified atom stereocenters. The maximum absolute atomic E-state index is 11.5. The molecule has 6 heteroatoms. The van der Waals surface area contributed by atoms with Gasteiger partial charge in [-0.2, -0.15) is 0 Å². The summed E-state index contributed by atoms with van der Waals surface area (Å²) in [6.45, 7) is 0. The zero-order valence-corrected chi connectivity index (χ0v) is 11.5. The number of benzene rings is 2. The summed E-state index contributed by atoms with van der Waals surface area (Å²) in [5.74, 6) is 0.378. The Balaban J connectivity index is 2.19. The molecule has 0 atom stereocenters. The highest BCUT2D eigenvalue weighted by Crippen LogP contribution is 2.29. The Bertz CT molecular complexity index is 898. The average Bonchev–Trinajstić information content (AvgIpc) is 2.80. The van der Waals surface area contributed by atoms with Crippen molar-refractivity contribution in [2.75, 3.05) is 12.0 Å². The van der Waals surface area contributed by atoms with Crippen molar-refractivity contribution in [3.63, 3.8) is 0 Å². The van der Waals surface area contributed by atoms with E-state index in [1.807, 2.05) is 12.1 Å². The number of fused-ring (bicyclic) bond motifs is 1. The highest BCUT2D eigenvalue weighted by molar-refractivity contribution is 7.90. The van der Waals surface area contributed by atoms with Gasteiger partial charge in [0.2, 0.25) is 5.89 Å². The third-order valence-electron chi connectivity index (χ3n) is 2.98. The largest absolute Gasteiger partial charge is 0.436 e. The van der Waals surface area contributed by atoms with E-state index in [-0.39, 0.29) is 4.90 Å². The predicted molar refractivity (Wildman–Crippen MR) is 77.0 cm³/mol. The number of hydrogen-bond acceptors (Lipinski definition) is 5. The molecule has 2 aromatic carbocycles. The molecule has 0 aliphatic rings. The van der Waals surface area contributed by atoms with Crippen LogP contribution in [-0.4, -0.2) is 19.7 Å². The van der Waals surface area contributed by atoms with Crippen LogP contribution in [0.3, 0.4) is 0 Å². The Morgan fingerprint density at radius 1 is 1.15 bits per heavy atom. The lowest BCUT2D eigenvalue weighted by atomic mass is 10.2. The Kier molecular flexibility index (Phi) is 2.76. The molecule has 3 aromatic rings. The van der Waals surface area contributed by atoms with Crippen LogP contribution in [0.1, 0.15) is 0 Å². The second kappa shape index (κ2) is 4.35. The molecule has 2 N–H and O–H groups in total. The third-order valence-corrected chi connectivity index (χ3v) is 4.09. The summed E-state index contributed by atoms with van der Waals surface area (Å²) in [6, 6.07) is 11.8. The lowest BCUT2D eigenvalue weighted by Gasteiger charge is -1.98. The Labute approximate surface area is 116 Å². The second-order valence-electron chi connectivity index (χ2n) is 4.51. The van der Waals surface area contributed by atoms with Gasteiger partial charge in [-0.05, 0) is 30.3 Å². The molecule has 0 fully saturated rings. The Hall–Kier alpha value is -2.34. The minimum absolute atomic E-state index is 0.214. The molecule has 0 radical (unpaired) electrons. The summed E-state index contributed by atoms with van der Waals surface area (Å²) in [4.78, 5) is 4.52. The number of nitrogens with zero attached hydrogens (tertiary/aromatic N) is 1. The second-order valence-corrected chi connectivity index (χ2v) is 6.52. The maximum Gasteiger partial charge on any atom is 0.229 e. The van der Waals surface area contributed by atoms with Crippen LogP contribution in [0.4, 0.5) is 5.69 Å². The molecule has 5 nitrogen and oxygen atoms in total. The van der Waals surface area contributed by atoms with E-state index in [9.17, 15) is 8.42 Å². The highest BCUT2D eigenvalue weighted by atomic mass is 32.2. The maximum atomic E-state index is 11.5. The Morgan fingerprint density at radius 2 is 1.90 bits per heavy atom. The molecule has 102 valence electrons.